The molecule has 154 valence electrons. The Morgan fingerprint density at radius 3 is 2.55 bits per heavy atom. The number of benzene rings is 1. The molecule has 0 atom stereocenters. The van der Waals surface area contributed by atoms with Gasteiger partial charge in [0.25, 0.3) is 0 Å². The molecule has 0 spiro atoms. The molecule has 29 heavy (non-hydrogen) atoms. The summed E-state index contributed by atoms with van der Waals surface area (Å²) in [6.07, 6.45) is 10.6. The maximum absolute atomic E-state index is 11.6. The van der Waals surface area contributed by atoms with E-state index in [9.17, 15) is 4.79 Å². The van der Waals surface area contributed by atoms with Crippen LogP contribution in [0.4, 0.5) is 0 Å². The van der Waals surface area contributed by atoms with Crippen molar-refractivity contribution in [1.29, 1.82) is 0 Å². The summed E-state index contributed by atoms with van der Waals surface area (Å²) in [6, 6.07) is 17.3. The van der Waals surface area contributed by atoms with E-state index in [0.717, 1.165) is 19.4 Å². The van der Waals surface area contributed by atoms with Crippen LogP contribution in [0.3, 0.4) is 0 Å². The Kier molecular flexibility index (Phi) is 8.12. The van der Waals surface area contributed by atoms with Crippen molar-refractivity contribution >= 4 is 17.3 Å². The quantitative estimate of drug-likeness (QED) is 0.259. The standard InChI is InChI=1S/C25H31NO2S/c1-3-4-5-6-9-20-12-14-21(15-13-20)23-11-8-19-26(23)18-7-10-22-16-17-24(29-22)25(27)28-2/h8,11-17,19H,3-7,9-10,18H2,1-2H3. The summed E-state index contributed by atoms with van der Waals surface area (Å²) in [5.74, 6) is -0.247. The van der Waals surface area contributed by atoms with Crippen molar-refractivity contribution in [3.8, 4) is 11.3 Å². The summed E-state index contributed by atoms with van der Waals surface area (Å²) in [5.41, 5.74) is 3.97. The number of methoxy groups -OCH3 is 1. The van der Waals surface area contributed by atoms with Gasteiger partial charge in [-0.3, -0.25) is 0 Å². The molecule has 0 aliphatic carbocycles. The van der Waals surface area contributed by atoms with Gasteiger partial charge in [-0.2, -0.15) is 0 Å². The van der Waals surface area contributed by atoms with Crippen molar-refractivity contribution in [3.63, 3.8) is 0 Å². The molecule has 0 unspecified atom stereocenters. The Morgan fingerprint density at radius 2 is 1.79 bits per heavy atom. The molecule has 3 rings (SSSR count). The molecule has 0 aliphatic rings. The average Bonchev–Trinajstić information content (AvgIpc) is 3.41. The van der Waals surface area contributed by atoms with Crippen LogP contribution in [-0.2, 0) is 24.1 Å². The highest BCUT2D eigenvalue weighted by Crippen LogP contribution is 2.23. The van der Waals surface area contributed by atoms with Crippen LogP contribution < -0.4 is 0 Å². The third-order valence-electron chi connectivity index (χ3n) is 5.27. The maximum atomic E-state index is 11.6. The van der Waals surface area contributed by atoms with E-state index in [-0.39, 0.29) is 5.97 Å². The molecule has 0 radical (unpaired) electrons. The Bertz CT molecular complexity index is 892. The number of aryl methyl sites for hydroxylation is 3. The molecular weight excluding hydrogens is 378 g/mol. The zero-order valence-electron chi connectivity index (χ0n) is 17.5. The van der Waals surface area contributed by atoms with Gasteiger partial charge < -0.3 is 9.30 Å². The van der Waals surface area contributed by atoms with E-state index in [4.69, 9.17) is 4.74 Å². The minimum absolute atomic E-state index is 0.247. The predicted molar refractivity (Wildman–Crippen MR) is 122 cm³/mol. The van der Waals surface area contributed by atoms with Crippen molar-refractivity contribution in [2.45, 2.75) is 58.4 Å². The van der Waals surface area contributed by atoms with Crippen molar-refractivity contribution < 1.29 is 9.53 Å². The van der Waals surface area contributed by atoms with E-state index in [2.05, 4.69) is 54.1 Å². The molecule has 2 heterocycles. The Morgan fingerprint density at radius 1 is 0.966 bits per heavy atom. The number of ether oxygens (including phenoxy) is 1. The van der Waals surface area contributed by atoms with Gasteiger partial charge in [-0.25, -0.2) is 4.79 Å². The topological polar surface area (TPSA) is 31.2 Å². The summed E-state index contributed by atoms with van der Waals surface area (Å²) in [6.45, 7) is 3.22. The number of carbonyl (C=O) groups is 1. The zero-order valence-corrected chi connectivity index (χ0v) is 18.3. The molecule has 0 saturated heterocycles. The van der Waals surface area contributed by atoms with Gasteiger partial charge in [-0.05, 0) is 61.1 Å². The normalized spacial score (nSPS) is 11.0. The molecule has 0 N–H and O–H groups in total. The number of unbranched alkanes of at least 4 members (excludes halogenated alkanes) is 3. The number of nitrogens with zero attached hydrogens (tertiary/aromatic N) is 1. The number of carbonyl (C=O) groups excluding carboxylic acids is 1. The molecule has 2 aromatic heterocycles. The second-order valence-corrected chi connectivity index (χ2v) is 8.62. The number of thiophene rings is 1. The number of aromatic nitrogens is 1. The third kappa shape index (κ3) is 6.07. The second-order valence-electron chi connectivity index (χ2n) is 7.46. The van der Waals surface area contributed by atoms with Crippen LogP contribution in [0.5, 0.6) is 0 Å². The van der Waals surface area contributed by atoms with Crippen LogP contribution in [0.25, 0.3) is 11.3 Å². The van der Waals surface area contributed by atoms with Crippen molar-refractivity contribution in [2.24, 2.45) is 0 Å². The number of hydrogen-bond acceptors (Lipinski definition) is 3. The van der Waals surface area contributed by atoms with E-state index < -0.39 is 0 Å². The van der Waals surface area contributed by atoms with E-state index >= 15 is 0 Å². The molecule has 0 aliphatic heterocycles. The smallest absolute Gasteiger partial charge is 0.348 e. The first-order chi connectivity index (χ1) is 14.2. The van der Waals surface area contributed by atoms with Crippen molar-refractivity contribution in [1.82, 2.24) is 4.57 Å². The summed E-state index contributed by atoms with van der Waals surface area (Å²) in [4.78, 5) is 13.5. The molecule has 0 saturated carbocycles. The lowest BCUT2D eigenvalue weighted by Crippen LogP contribution is -2.00. The third-order valence-corrected chi connectivity index (χ3v) is 6.39. The SMILES string of the molecule is CCCCCCc1ccc(-c2cccn2CCCc2ccc(C(=O)OC)s2)cc1. The lowest BCUT2D eigenvalue weighted by Gasteiger charge is -2.10. The summed E-state index contributed by atoms with van der Waals surface area (Å²) in [7, 11) is 1.42. The Hall–Kier alpha value is -2.33. The highest BCUT2D eigenvalue weighted by Gasteiger charge is 2.09. The Balaban J connectivity index is 1.54. The minimum Gasteiger partial charge on any atom is -0.465 e. The van der Waals surface area contributed by atoms with Crippen LogP contribution in [-0.4, -0.2) is 17.6 Å². The van der Waals surface area contributed by atoms with Crippen LogP contribution in [0.1, 0.15) is 59.1 Å². The lowest BCUT2D eigenvalue weighted by molar-refractivity contribution is 0.0606. The Labute approximate surface area is 178 Å². The lowest BCUT2D eigenvalue weighted by atomic mass is 10.0. The molecule has 3 nitrogen and oxygen atoms in total. The van der Waals surface area contributed by atoms with Gasteiger partial charge >= 0.3 is 5.97 Å². The maximum Gasteiger partial charge on any atom is 0.348 e. The number of hydrogen-bond donors (Lipinski definition) is 0. The first kappa shape index (κ1) is 21.4. The fraction of sp³-hybridized carbons (Fsp3) is 0.400. The van der Waals surface area contributed by atoms with Gasteiger partial charge in [0.15, 0.2) is 0 Å². The molecule has 3 aromatic rings. The summed E-state index contributed by atoms with van der Waals surface area (Å²) >= 11 is 1.53. The second kappa shape index (κ2) is 11.0. The van der Waals surface area contributed by atoms with E-state index in [1.54, 1.807) is 0 Å². The number of rotatable bonds is 11. The van der Waals surface area contributed by atoms with Crippen molar-refractivity contribution in [2.75, 3.05) is 7.11 Å². The molecule has 1 aromatic carbocycles. The zero-order chi connectivity index (χ0) is 20.5. The van der Waals surface area contributed by atoms with Gasteiger partial charge in [0.2, 0.25) is 0 Å². The van der Waals surface area contributed by atoms with Crippen LogP contribution in [0.2, 0.25) is 0 Å². The van der Waals surface area contributed by atoms with E-state index in [1.165, 1.54) is 72.2 Å². The highest BCUT2D eigenvalue weighted by atomic mass is 32.1. The molecule has 0 fully saturated rings. The van der Waals surface area contributed by atoms with Gasteiger partial charge in [-0.1, -0.05) is 50.5 Å². The monoisotopic (exact) mass is 409 g/mol. The number of esters is 1. The van der Waals surface area contributed by atoms with Gasteiger partial charge in [0.1, 0.15) is 4.88 Å². The molecule has 0 bridgehead atoms. The van der Waals surface area contributed by atoms with Crippen LogP contribution >= 0.6 is 11.3 Å². The molecule has 4 heteroatoms. The van der Waals surface area contributed by atoms with E-state index in [1.807, 2.05) is 12.1 Å². The average molecular weight is 410 g/mol. The highest BCUT2D eigenvalue weighted by molar-refractivity contribution is 7.13. The van der Waals surface area contributed by atoms with Crippen LogP contribution in [0.15, 0.2) is 54.7 Å². The first-order valence-electron chi connectivity index (χ1n) is 10.6. The summed E-state index contributed by atoms with van der Waals surface area (Å²) < 4.78 is 7.11. The largest absolute Gasteiger partial charge is 0.465 e. The summed E-state index contributed by atoms with van der Waals surface area (Å²) in [5, 5.41) is 0. The minimum atomic E-state index is -0.247. The van der Waals surface area contributed by atoms with Crippen molar-refractivity contribution in [3.05, 3.63) is 70.0 Å². The van der Waals surface area contributed by atoms with E-state index in [0.29, 0.717) is 4.88 Å². The van der Waals surface area contributed by atoms with Gasteiger partial charge in [-0.15, -0.1) is 11.3 Å². The molecule has 0 amide bonds. The van der Waals surface area contributed by atoms with Crippen LogP contribution in [0, 0.1) is 0 Å². The molecular formula is C25H31NO2S. The fourth-order valence-corrected chi connectivity index (χ4v) is 4.58. The van der Waals surface area contributed by atoms with Gasteiger partial charge in [0, 0.05) is 23.3 Å². The predicted octanol–water partition coefficient (Wildman–Crippen LogP) is 6.76. The fourth-order valence-electron chi connectivity index (χ4n) is 3.62. The van der Waals surface area contributed by atoms with Gasteiger partial charge in [0.05, 0.1) is 7.11 Å². The first-order valence-corrected chi connectivity index (χ1v) is 11.4.